The van der Waals surface area contributed by atoms with E-state index in [-0.39, 0.29) is 0 Å². The number of amides is 1. The number of aromatic nitrogens is 1. The molecule has 0 bridgehead atoms. The van der Waals surface area contributed by atoms with Gasteiger partial charge in [-0.05, 0) is 38.5 Å². The van der Waals surface area contributed by atoms with E-state index < -0.39 is 11.4 Å². The van der Waals surface area contributed by atoms with E-state index in [0.717, 1.165) is 15.3 Å². The molecule has 5 heteroatoms. The number of benzene rings is 1. The van der Waals surface area contributed by atoms with Crippen LogP contribution < -0.4 is 11.1 Å². The number of nitrogens with one attached hydrogen (secondary N) is 1. The second kappa shape index (κ2) is 4.00. The molecule has 90 valence electrons. The molecule has 0 fully saturated rings. The summed E-state index contributed by atoms with van der Waals surface area (Å²) >= 11 is 1.52. The lowest BCUT2D eigenvalue weighted by molar-refractivity contribution is -0.121. The molecule has 0 aliphatic carbocycles. The Morgan fingerprint density at radius 2 is 2.18 bits per heavy atom. The fourth-order valence-electron chi connectivity index (χ4n) is 1.42. The van der Waals surface area contributed by atoms with Crippen molar-refractivity contribution in [1.82, 2.24) is 4.98 Å². The molecular weight excluding hydrogens is 234 g/mol. The molecule has 1 aromatic carbocycles. The van der Waals surface area contributed by atoms with Crippen molar-refractivity contribution in [3.8, 4) is 0 Å². The van der Waals surface area contributed by atoms with Gasteiger partial charge in [-0.3, -0.25) is 4.79 Å². The minimum absolute atomic E-state index is 0.395. The molecule has 4 nitrogen and oxygen atoms in total. The van der Waals surface area contributed by atoms with Gasteiger partial charge in [0.1, 0.15) is 5.54 Å². The summed E-state index contributed by atoms with van der Waals surface area (Å²) in [6.45, 7) is 5.51. The predicted molar refractivity (Wildman–Crippen MR) is 71.3 cm³/mol. The topological polar surface area (TPSA) is 68.0 Å². The summed E-state index contributed by atoms with van der Waals surface area (Å²) in [4.78, 5) is 15.7. The fourth-order valence-corrected chi connectivity index (χ4v) is 2.42. The maximum atomic E-state index is 11.2. The Hall–Kier alpha value is -1.62. The van der Waals surface area contributed by atoms with Gasteiger partial charge < -0.3 is 11.1 Å². The van der Waals surface area contributed by atoms with E-state index >= 15 is 0 Å². The van der Waals surface area contributed by atoms with E-state index in [0.29, 0.717) is 0 Å². The predicted octanol–water partition coefficient (Wildman–Crippen LogP) is 2.28. The van der Waals surface area contributed by atoms with Gasteiger partial charge in [0.2, 0.25) is 5.91 Å². The van der Waals surface area contributed by atoms with Gasteiger partial charge in [-0.15, -0.1) is 0 Å². The molecule has 1 aromatic heterocycles. The van der Waals surface area contributed by atoms with Gasteiger partial charge >= 0.3 is 0 Å². The van der Waals surface area contributed by atoms with Crippen LogP contribution in [0, 0.1) is 6.92 Å². The van der Waals surface area contributed by atoms with E-state index in [9.17, 15) is 4.79 Å². The van der Waals surface area contributed by atoms with Gasteiger partial charge in [-0.25, -0.2) is 4.98 Å². The van der Waals surface area contributed by atoms with E-state index in [1.54, 1.807) is 13.8 Å². The van der Waals surface area contributed by atoms with Crippen molar-refractivity contribution in [3.05, 3.63) is 23.8 Å². The molecule has 1 heterocycles. The van der Waals surface area contributed by atoms with Crippen LogP contribution in [0.25, 0.3) is 10.2 Å². The first-order valence-electron chi connectivity index (χ1n) is 5.34. The number of rotatable bonds is 3. The third-order valence-corrected chi connectivity index (χ3v) is 3.53. The van der Waals surface area contributed by atoms with Gasteiger partial charge in [0, 0.05) is 0 Å². The highest BCUT2D eigenvalue weighted by Gasteiger charge is 2.25. The van der Waals surface area contributed by atoms with Crippen molar-refractivity contribution in [1.29, 1.82) is 0 Å². The highest BCUT2D eigenvalue weighted by Crippen LogP contribution is 2.28. The van der Waals surface area contributed by atoms with Crippen LogP contribution in [0.4, 0.5) is 5.13 Å². The lowest BCUT2D eigenvalue weighted by Crippen LogP contribution is -2.44. The maximum absolute atomic E-state index is 11.2. The number of thiazole rings is 1. The first kappa shape index (κ1) is 11.9. The Labute approximate surface area is 104 Å². The number of hydrogen-bond donors (Lipinski definition) is 2. The van der Waals surface area contributed by atoms with Gasteiger partial charge in [0.05, 0.1) is 10.2 Å². The van der Waals surface area contributed by atoms with Crippen LogP contribution in [0.2, 0.25) is 0 Å². The lowest BCUT2D eigenvalue weighted by atomic mass is 10.1. The molecule has 17 heavy (non-hydrogen) atoms. The van der Waals surface area contributed by atoms with E-state index in [2.05, 4.69) is 10.3 Å². The average molecular weight is 249 g/mol. The zero-order valence-electron chi connectivity index (χ0n) is 10.1. The molecule has 0 spiro atoms. The third-order valence-electron chi connectivity index (χ3n) is 2.58. The van der Waals surface area contributed by atoms with Crippen LogP contribution in [-0.4, -0.2) is 16.4 Å². The summed E-state index contributed by atoms with van der Waals surface area (Å²) < 4.78 is 1.10. The summed E-state index contributed by atoms with van der Waals surface area (Å²) in [5.74, 6) is -0.395. The zero-order valence-corrected chi connectivity index (χ0v) is 10.9. The number of nitrogens with zero attached hydrogens (tertiary/aromatic N) is 1. The number of nitrogens with two attached hydrogens (primary N) is 1. The summed E-state index contributed by atoms with van der Waals surface area (Å²) in [5.41, 5.74) is 6.64. The molecule has 0 saturated heterocycles. The monoisotopic (exact) mass is 249 g/mol. The maximum Gasteiger partial charge on any atom is 0.242 e. The van der Waals surface area contributed by atoms with Crippen LogP contribution in [0.5, 0.6) is 0 Å². The number of anilines is 1. The number of aryl methyl sites for hydroxylation is 1. The normalized spacial score (nSPS) is 11.7. The second-order valence-corrected chi connectivity index (χ2v) is 5.64. The molecule has 0 unspecified atom stereocenters. The smallest absolute Gasteiger partial charge is 0.242 e. The van der Waals surface area contributed by atoms with E-state index in [1.807, 2.05) is 25.1 Å². The van der Waals surface area contributed by atoms with Crippen molar-refractivity contribution in [3.63, 3.8) is 0 Å². The molecule has 0 atom stereocenters. The van der Waals surface area contributed by atoms with Crippen LogP contribution in [0.3, 0.4) is 0 Å². The standard InChI is InChI=1S/C12H15N3OS/c1-7-4-5-9-8(6-7)14-11(17-9)15-12(2,3)10(13)16/h4-6H,1-3H3,(H2,13,16)(H,14,15). The quantitative estimate of drug-likeness (QED) is 0.877. The van der Waals surface area contributed by atoms with Gasteiger partial charge in [0.15, 0.2) is 5.13 Å². The highest BCUT2D eigenvalue weighted by molar-refractivity contribution is 7.22. The van der Waals surface area contributed by atoms with Crippen LogP contribution >= 0.6 is 11.3 Å². The summed E-state index contributed by atoms with van der Waals surface area (Å²) in [6.07, 6.45) is 0. The lowest BCUT2D eigenvalue weighted by Gasteiger charge is -2.21. The van der Waals surface area contributed by atoms with Gasteiger partial charge in [-0.2, -0.15) is 0 Å². The summed E-state index contributed by atoms with van der Waals surface area (Å²) in [7, 11) is 0. The molecule has 1 amide bonds. The largest absolute Gasteiger partial charge is 0.368 e. The first-order valence-corrected chi connectivity index (χ1v) is 6.15. The third kappa shape index (κ3) is 2.39. The number of carbonyl (C=O) groups excluding carboxylic acids is 1. The number of fused-ring (bicyclic) bond motifs is 1. The second-order valence-electron chi connectivity index (χ2n) is 4.60. The Morgan fingerprint density at radius 3 is 2.82 bits per heavy atom. The molecule has 0 aliphatic heterocycles. The Bertz CT molecular complexity index is 574. The Kier molecular flexibility index (Phi) is 2.79. The minimum Gasteiger partial charge on any atom is -0.368 e. The number of primary amides is 1. The minimum atomic E-state index is -0.789. The average Bonchev–Trinajstić information content (AvgIpc) is 2.57. The SMILES string of the molecule is Cc1ccc2sc(NC(C)(C)C(N)=O)nc2c1. The molecule has 2 rings (SSSR count). The van der Waals surface area contributed by atoms with Crippen molar-refractivity contribution >= 4 is 32.6 Å². The van der Waals surface area contributed by atoms with Gasteiger partial charge in [-0.1, -0.05) is 17.4 Å². The number of carbonyl (C=O) groups is 1. The van der Waals surface area contributed by atoms with Crippen molar-refractivity contribution in [2.45, 2.75) is 26.3 Å². The van der Waals surface area contributed by atoms with Crippen LogP contribution in [0.1, 0.15) is 19.4 Å². The first-order chi connectivity index (χ1) is 7.88. The molecule has 0 radical (unpaired) electrons. The summed E-state index contributed by atoms with van der Waals surface area (Å²) in [5, 5.41) is 3.78. The summed E-state index contributed by atoms with van der Waals surface area (Å²) in [6, 6.07) is 6.10. The molecule has 3 N–H and O–H groups in total. The molecular formula is C12H15N3OS. The molecule has 0 aliphatic rings. The zero-order chi connectivity index (χ0) is 12.6. The van der Waals surface area contributed by atoms with Crippen LogP contribution in [0.15, 0.2) is 18.2 Å². The van der Waals surface area contributed by atoms with Crippen molar-refractivity contribution in [2.24, 2.45) is 5.73 Å². The Morgan fingerprint density at radius 1 is 1.47 bits per heavy atom. The molecule has 2 aromatic rings. The van der Waals surface area contributed by atoms with Crippen LogP contribution in [-0.2, 0) is 4.79 Å². The van der Waals surface area contributed by atoms with Crippen molar-refractivity contribution in [2.75, 3.05) is 5.32 Å². The number of hydrogen-bond acceptors (Lipinski definition) is 4. The fraction of sp³-hybridized carbons (Fsp3) is 0.333. The van der Waals surface area contributed by atoms with E-state index in [4.69, 9.17) is 5.73 Å². The highest BCUT2D eigenvalue weighted by atomic mass is 32.1. The molecule has 0 saturated carbocycles. The Balaban J connectivity index is 2.34. The van der Waals surface area contributed by atoms with E-state index in [1.165, 1.54) is 16.9 Å². The van der Waals surface area contributed by atoms with Gasteiger partial charge in [0.25, 0.3) is 0 Å². The van der Waals surface area contributed by atoms with Crippen molar-refractivity contribution < 1.29 is 4.79 Å².